The Morgan fingerprint density at radius 2 is 1.70 bits per heavy atom. The Hall–Kier alpha value is -0.370. The van der Waals surface area contributed by atoms with Crippen molar-refractivity contribution in [1.82, 2.24) is 4.90 Å². The minimum Gasteiger partial charge on any atom is -0.444 e. The van der Waals surface area contributed by atoms with Gasteiger partial charge in [-0.25, -0.2) is 4.79 Å². The van der Waals surface area contributed by atoms with Crippen molar-refractivity contribution < 1.29 is 23.7 Å². The molecule has 0 spiro atoms. The number of hydrogen-bond donors (Lipinski definition) is 0. The molecule has 0 aromatic rings. The van der Waals surface area contributed by atoms with E-state index in [1.165, 1.54) is 0 Å². The summed E-state index contributed by atoms with van der Waals surface area (Å²) in [5.74, 6) is 0. The highest BCUT2D eigenvalue weighted by Crippen LogP contribution is 2.30. The van der Waals surface area contributed by atoms with E-state index in [0.717, 1.165) is 12.8 Å². The van der Waals surface area contributed by atoms with E-state index in [2.05, 4.69) is 15.9 Å². The van der Waals surface area contributed by atoms with Gasteiger partial charge in [0.1, 0.15) is 11.7 Å². The minimum absolute atomic E-state index is 0.115. The minimum atomic E-state index is -0.473. The molecular formula is C16H30BrNO5. The lowest BCUT2D eigenvalue weighted by Crippen LogP contribution is -2.52. The second-order valence-electron chi connectivity index (χ2n) is 6.93. The first kappa shape index (κ1) is 20.7. The van der Waals surface area contributed by atoms with Crippen LogP contribution >= 0.6 is 15.9 Å². The lowest BCUT2D eigenvalue weighted by Gasteiger charge is -2.42. The molecule has 6 nitrogen and oxygen atoms in total. The maximum Gasteiger partial charge on any atom is 0.410 e. The molecule has 0 atom stereocenters. The number of alkyl halides is 1. The molecule has 0 aliphatic carbocycles. The molecule has 7 heteroatoms. The van der Waals surface area contributed by atoms with Gasteiger partial charge in [0.05, 0.1) is 18.8 Å². The van der Waals surface area contributed by atoms with Crippen molar-refractivity contribution in [2.24, 2.45) is 0 Å². The number of amides is 1. The molecule has 23 heavy (non-hydrogen) atoms. The van der Waals surface area contributed by atoms with Gasteiger partial charge in [-0.1, -0.05) is 15.9 Å². The van der Waals surface area contributed by atoms with Crippen molar-refractivity contribution in [3.8, 4) is 0 Å². The summed E-state index contributed by atoms with van der Waals surface area (Å²) in [6.45, 7) is 7.83. The number of methoxy groups -OCH3 is 2. The molecule has 0 N–H and O–H groups in total. The molecule has 1 rings (SSSR count). The standard InChI is InChI=1S/C16H30BrNO5/c1-15(2,3)23-14(19)18-8-6-16(12-17,7-9-18)22-13(10-20-4)11-21-5/h13H,6-12H2,1-5H3. The summed E-state index contributed by atoms with van der Waals surface area (Å²) in [6.07, 6.45) is 1.13. The fourth-order valence-electron chi connectivity index (χ4n) is 2.55. The fourth-order valence-corrected chi connectivity index (χ4v) is 3.24. The van der Waals surface area contributed by atoms with E-state index in [1.54, 1.807) is 19.1 Å². The van der Waals surface area contributed by atoms with Crippen molar-refractivity contribution in [2.75, 3.05) is 45.9 Å². The molecule has 0 aromatic carbocycles. The van der Waals surface area contributed by atoms with Crippen LogP contribution in [0.25, 0.3) is 0 Å². The van der Waals surface area contributed by atoms with E-state index in [-0.39, 0.29) is 17.8 Å². The number of likely N-dealkylation sites (tertiary alicyclic amines) is 1. The third kappa shape index (κ3) is 6.95. The zero-order chi connectivity index (χ0) is 17.5. The van der Waals surface area contributed by atoms with Gasteiger partial charge in [0.15, 0.2) is 0 Å². The molecule has 1 aliphatic rings. The van der Waals surface area contributed by atoms with Crippen LogP contribution in [0.5, 0.6) is 0 Å². The predicted molar refractivity (Wildman–Crippen MR) is 92.2 cm³/mol. The largest absolute Gasteiger partial charge is 0.444 e. The van der Waals surface area contributed by atoms with Gasteiger partial charge < -0.3 is 23.8 Å². The second-order valence-corrected chi connectivity index (χ2v) is 7.50. The molecular weight excluding hydrogens is 366 g/mol. The summed E-state index contributed by atoms with van der Waals surface area (Å²) < 4.78 is 22.1. The molecule has 1 aliphatic heterocycles. The number of carbonyl (C=O) groups is 1. The van der Waals surface area contributed by atoms with Crippen LogP contribution in [0.15, 0.2) is 0 Å². The first-order valence-corrected chi connectivity index (χ1v) is 9.07. The number of carbonyl (C=O) groups excluding carboxylic acids is 1. The topological polar surface area (TPSA) is 57.2 Å². The van der Waals surface area contributed by atoms with Crippen molar-refractivity contribution in [3.05, 3.63) is 0 Å². The Balaban J connectivity index is 2.60. The zero-order valence-corrected chi connectivity index (χ0v) is 16.5. The third-order valence-corrected chi connectivity index (χ3v) is 4.71. The summed E-state index contributed by atoms with van der Waals surface area (Å²) in [4.78, 5) is 13.9. The van der Waals surface area contributed by atoms with Gasteiger partial charge in [-0.05, 0) is 33.6 Å². The van der Waals surface area contributed by atoms with Crippen molar-refractivity contribution in [3.63, 3.8) is 0 Å². The van der Waals surface area contributed by atoms with E-state index >= 15 is 0 Å². The summed E-state index contributed by atoms with van der Waals surface area (Å²) in [7, 11) is 3.30. The van der Waals surface area contributed by atoms with E-state index < -0.39 is 5.60 Å². The van der Waals surface area contributed by atoms with Gasteiger partial charge in [-0.15, -0.1) is 0 Å². The van der Waals surface area contributed by atoms with Crippen LogP contribution < -0.4 is 0 Å². The van der Waals surface area contributed by atoms with Gasteiger partial charge in [-0.2, -0.15) is 0 Å². The van der Waals surface area contributed by atoms with E-state index in [9.17, 15) is 4.79 Å². The fraction of sp³-hybridized carbons (Fsp3) is 0.938. The van der Waals surface area contributed by atoms with Gasteiger partial charge in [0.25, 0.3) is 0 Å². The molecule has 1 fully saturated rings. The Morgan fingerprint density at radius 1 is 1.17 bits per heavy atom. The molecule has 0 aromatic heterocycles. The van der Waals surface area contributed by atoms with Crippen LogP contribution in [0.4, 0.5) is 4.79 Å². The Kier molecular flexibility index (Phi) is 8.27. The Bertz CT molecular complexity index is 358. The highest BCUT2D eigenvalue weighted by molar-refractivity contribution is 9.09. The van der Waals surface area contributed by atoms with E-state index in [4.69, 9.17) is 18.9 Å². The first-order chi connectivity index (χ1) is 10.7. The number of ether oxygens (including phenoxy) is 4. The van der Waals surface area contributed by atoms with Crippen molar-refractivity contribution in [1.29, 1.82) is 0 Å². The molecule has 1 saturated heterocycles. The summed E-state index contributed by atoms with van der Waals surface area (Å²) in [5.41, 5.74) is -0.778. The third-order valence-electron chi connectivity index (χ3n) is 3.69. The first-order valence-electron chi connectivity index (χ1n) is 7.95. The molecule has 1 amide bonds. The Morgan fingerprint density at radius 3 is 2.09 bits per heavy atom. The molecule has 1 heterocycles. The number of hydrogen-bond acceptors (Lipinski definition) is 5. The summed E-state index contributed by atoms with van der Waals surface area (Å²) in [5, 5.41) is 0.714. The molecule has 0 saturated carbocycles. The van der Waals surface area contributed by atoms with E-state index in [0.29, 0.717) is 31.6 Å². The van der Waals surface area contributed by atoms with Gasteiger partial charge in [-0.3, -0.25) is 0 Å². The second kappa shape index (κ2) is 9.20. The smallest absolute Gasteiger partial charge is 0.410 e. The van der Waals surface area contributed by atoms with Crippen LogP contribution in [-0.4, -0.2) is 74.2 Å². The van der Waals surface area contributed by atoms with Gasteiger partial charge >= 0.3 is 6.09 Å². The van der Waals surface area contributed by atoms with Gasteiger partial charge in [0.2, 0.25) is 0 Å². The molecule has 0 radical (unpaired) electrons. The average molecular weight is 396 g/mol. The highest BCUT2D eigenvalue weighted by Gasteiger charge is 2.39. The van der Waals surface area contributed by atoms with Crippen molar-refractivity contribution in [2.45, 2.75) is 50.9 Å². The van der Waals surface area contributed by atoms with E-state index in [1.807, 2.05) is 20.8 Å². The molecule has 0 bridgehead atoms. The monoisotopic (exact) mass is 395 g/mol. The predicted octanol–water partition coefficient (Wildman–Crippen LogP) is 2.83. The maximum absolute atomic E-state index is 12.2. The Labute approximate surface area is 147 Å². The number of halogens is 1. The average Bonchev–Trinajstić information content (AvgIpc) is 2.46. The van der Waals surface area contributed by atoms with Crippen LogP contribution in [-0.2, 0) is 18.9 Å². The van der Waals surface area contributed by atoms with Crippen LogP contribution in [0.1, 0.15) is 33.6 Å². The van der Waals surface area contributed by atoms with Crippen LogP contribution in [0.3, 0.4) is 0 Å². The van der Waals surface area contributed by atoms with Crippen LogP contribution in [0.2, 0.25) is 0 Å². The highest BCUT2D eigenvalue weighted by atomic mass is 79.9. The summed E-state index contributed by atoms with van der Waals surface area (Å²) in [6, 6.07) is 0. The number of piperidine rings is 1. The lowest BCUT2D eigenvalue weighted by atomic mass is 9.93. The normalized spacial score (nSPS) is 18.3. The number of nitrogens with zero attached hydrogens (tertiary/aromatic N) is 1. The molecule has 136 valence electrons. The SMILES string of the molecule is COCC(COC)OC1(CBr)CCN(C(=O)OC(C)(C)C)CC1. The van der Waals surface area contributed by atoms with Gasteiger partial charge in [0, 0.05) is 32.6 Å². The summed E-state index contributed by atoms with van der Waals surface area (Å²) >= 11 is 3.56. The zero-order valence-electron chi connectivity index (χ0n) is 14.9. The number of rotatable bonds is 7. The maximum atomic E-state index is 12.2. The van der Waals surface area contributed by atoms with Crippen LogP contribution in [0, 0.1) is 0 Å². The quantitative estimate of drug-likeness (QED) is 0.620. The lowest BCUT2D eigenvalue weighted by molar-refractivity contribution is -0.141. The molecule has 0 unspecified atom stereocenters. The van der Waals surface area contributed by atoms with Crippen molar-refractivity contribution >= 4 is 22.0 Å².